The number of esters is 1. The maximum Gasteiger partial charge on any atom is 0.340 e. The zero-order chi connectivity index (χ0) is 25.9. The summed E-state index contributed by atoms with van der Waals surface area (Å²) >= 11 is 0. The van der Waals surface area contributed by atoms with E-state index in [0.29, 0.717) is 42.0 Å². The average molecular weight is 505 g/mol. The van der Waals surface area contributed by atoms with E-state index in [9.17, 15) is 18.0 Å². The van der Waals surface area contributed by atoms with Gasteiger partial charge in [0.05, 0.1) is 43.4 Å². The lowest BCUT2D eigenvalue weighted by molar-refractivity contribution is -0.120. The topological polar surface area (TPSA) is 111 Å². The summed E-state index contributed by atoms with van der Waals surface area (Å²) in [5.41, 5.74) is 2.66. The first-order chi connectivity index (χ1) is 16.5. The number of amides is 1. The van der Waals surface area contributed by atoms with Crippen molar-refractivity contribution in [2.45, 2.75) is 38.5 Å². The lowest BCUT2D eigenvalue weighted by atomic mass is 9.98. The van der Waals surface area contributed by atoms with Crippen LogP contribution in [0.1, 0.15) is 39.9 Å². The molecule has 0 aromatic heterocycles. The van der Waals surface area contributed by atoms with E-state index in [0.717, 1.165) is 5.56 Å². The molecule has 1 aliphatic rings. The van der Waals surface area contributed by atoms with Crippen molar-refractivity contribution in [3.05, 3.63) is 46.5 Å². The van der Waals surface area contributed by atoms with Crippen LogP contribution in [0.15, 0.2) is 29.2 Å². The van der Waals surface area contributed by atoms with E-state index in [1.165, 1.54) is 37.8 Å². The van der Waals surface area contributed by atoms with Crippen molar-refractivity contribution in [1.82, 2.24) is 4.31 Å². The molecule has 0 aliphatic carbocycles. The van der Waals surface area contributed by atoms with Crippen LogP contribution in [0.4, 0.5) is 5.69 Å². The van der Waals surface area contributed by atoms with E-state index in [1.807, 2.05) is 19.1 Å². The van der Waals surface area contributed by atoms with Gasteiger partial charge in [0.2, 0.25) is 15.9 Å². The molecule has 0 saturated carbocycles. The number of piperidine rings is 1. The summed E-state index contributed by atoms with van der Waals surface area (Å²) in [5, 5.41) is 2.77. The zero-order valence-corrected chi connectivity index (χ0v) is 21.7. The molecule has 1 aliphatic heterocycles. The second-order valence-corrected chi connectivity index (χ2v) is 10.5. The number of ether oxygens (including phenoxy) is 3. The van der Waals surface area contributed by atoms with Crippen LogP contribution in [0.3, 0.4) is 0 Å². The number of rotatable bonds is 7. The second-order valence-electron chi connectivity index (χ2n) is 8.66. The van der Waals surface area contributed by atoms with Gasteiger partial charge in [-0.15, -0.1) is 0 Å². The molecular formula is C25H32N2O7S. The third kappa shape index (κ3) is 5.43. The predicted molar refractivity (Wildman–Crippen MR) is 132 cm³/mol. The van der Waals surface area contributed by atoms with Crippen molar-refractivity contribution in [3.63, 3.8) is 0 Å². The van der Waals surface area contributed by atoms with E-state index in [2.05, 4.69) is 5.32 Å². The van der Waals surface area contributed by atoms with E-state index < -0.39 is 21.9 Å². The molecule has 0 spiro atoms. The van der Waals surface area contributed by atoms with Gasteiger partial charge < -0.3 is 19.5 Å². The number of carbonyl (C=O) groups excluding carboxylic acids is 2. The highest BCUT2D eigenvalue weighted by Crippen LogP contribution is 2.35. The molecule has 1 atom stereocenters. The Balaban J connectivity index is 1.88. The minimum absolute atomic E-state index is 0.0434. The summed E-state index contributed by atoms with van der Waals surface area (Å²) < 4.78 is 43.8. The van der Waals surface area contributed by atoms with E-state index in [-0.39, 0.29) is 28.6 Å². The Kier molecular flexibility index (Phi) is 8.07. The Bertz CT molecular complexity index is 1220. The number of nitrogens with one attached hydrogen (secondary N) is 1. The lowest BCUT2D eigenvalue weighted by Crippen LogP contribution is -2.44. The molecule has 1 fully saturated rings. The second kappa shape index (κ2) is 10.7. The highest BCUT2D eigenvalue weighted by atomic mass is 32.2. The largest absolute Gasteiger partial charge is 0.493 e. The predicted octanol–water partition coefficient (Wildman–Crippen LogP) is 3.46. The van der Waals surface area contributed by atoms with Crippen molar-refractivity contribution in [3.8, 4) is 11.5 Å². The highest BCUT2D eigenvalue weighted by Gasteiger charge is 2.35. The van der Waals surface area contributed by atoms with E-state index in [1.54, 1.807) is 13.8 Å². The molecule has 1 heterocycles. The minimum Gasteiger partial charge on any atom is -0.493 e. The SMILES string of the molecule is COC(=O)c1cc(OC)c(OC)cc1NC(=O)[C@H]1CCCN(S(=O)(=O)c2c(C)cc(C)cc2C)C1. The average Bonchev–Trinajstić information content (AvgIpc) is 2.82. The Morgan fingerprint density at radius 1 is 0.971 bits per heavy atom. The van der Waals surface area contributed by atoms with E-state index >= 15 is 0 Å². The molecule has 3 rings (SSSR count). The Morgan fingerprint density at radius 3 is 2.14 bits per heavy atom. The summed E-state index contributed by atoms with van der Waals surface area (Å²) in [7, 11) is 0.339. The Labute approximate surface area is 206 Å². The number of carbonyl (C=O) groups is 2. The summed E-state index contributed by atoms with van der Waals surface area (Å²) in [6, 6.07) is 6.61. The third-order valence-electron chi connectivity index (χ3n) is 6.14. The molecule has 35 heavy (non-hydrogen) atoms. The fourth-order valence-corrected chi connectivity index (χ4v) is 6.51. The normalized spacial score (nSPS) is 16.5. The number of hydrogen-bond acceptors (Lipinski definition) is 7. The number of nitrogens with zero attached hydrogens (tertiary/aromatic N) is 1. The monoisotopic (exact) mass is 504 g/mol. The van der Waals surface area contributed by atoms with Crippen LogP contribution in [-0.4, -0.2) is 59.0 Å². The first-order valence-electron chi connectivity index (χ1n) is 11.3. The maximum absolute atomic E-state index is 13.5. The van der Waals surface area contributed by atoms with Crippen LogP contribution in [0.5, 0.6) is 11.5 Å². The van der Waals surface area contributed by atoms with Crippen LogP contribution in [0.25, 0.3) is 0 Å². The summed E-state index contributed by atoms with van der Waals surface area (Å²) in [6.07, 6.45) is 1.06. The molecule has 1 N–H and O–H groups in total. The standard InChI is InChI=1S/C25H32N2O7S/c1-15-10-16(2)23(17(3)11-15)35(30,31)27-9-7-8-18(14-27)24(28)26-20-13-22(33-5)21(32-4)12-19(20)25(29)34-6/h10-13,18H,7-9,14H2,1-6H3,(H,26,28)/t18-/m0/s1. The zero-order valence-electron chi connectivity index (χ0n) is 20.9. The number of hydrogen-bond donors (Lipinski definition) is 1. The molecule has 9 nitrogen and oxygen atoms in total. The van der Waals surface area contributed by atoms with Crippen molar-refractivity contribution >= 4 is 27.6 Å². The number of aryl methyl sites for hydroxylation is 3. The van der Waals surface area contributed by atoms with Gasteiger partial charge in [-0.05, 0) is 44.7 Å². The van der Waals surface area contributed by atoms with Crippen molar-refractivity contribution in [1.29, 1.82) is 0 Å². The van der Waals surface area contributed by atoms with Gasteiger partial charge in [0.25, 0.3) is 0 Å². The van der Waals surface area contributed by atoms with Gasteiger partial charge in [0, 0.05) is 25.2 Å². The molecule has 2 aromatic rings. The molecule has 1 saturated heterocycles. The molecule has 0 unspecified atom stereocenters. The van der Waals surface area contributed by atoms with Crippen molar-refractivity contribution in [2.75, 3.05) is 39.7 Å². The van der Waals surface area contributed by atoms with Crippen LogP contribution >= 0.6 is 0 Å². The van der Waals surface area contributed by atoms with Gasteiger partial charge in [-0.2, -0.15) is 4.31 Å². The fraction of sp³-hybridized carbons (Fsp3) is 0.440. The Morgan fingerprint density at radius 2 is 1.57 bits per heavy atom. The van der Waals surface area contributed by atoms with Crippen LogP contribution < -0.4 is 14.8 Å². The first kappa shape index (κ1) is 26.5. The molecule has 2 aromatic carbocycles. The molecule has 0 radical (unpaired) electrons. The number of methoxy groups -OCH3 is 3. The van der Waals surface area contributed by atoms with Gasteiger partial charge >= 0.3 is 5.97 Å². The lowest BCUT2D eigenvalue weighted by Gasteiger charge is -2.32. The molecule has 0 bridgehead atoms. The van der Waals surface area contributed by atoms with Crippen molar-refractivity contribution < 1.29 is 32.2 Å². The van der Waals surface area contributed by atoms with Crippen LogP contribution in [0.2, 0.25) is 0 Å². The summed E-state index contributed by atoms with van der Waals surface area (Å²) in [6.45, 7) is 5.87. The molecule has 10 heteroatoms. The Hall–Kier alpha value is -3.11. The minimum atomic E-state index is -3.78. The number of anilines is 1. The summed E-state index contributed by atoms with van der Waals surface area (Å²) in [4.78, 5) is 25.8. The number of benzene rings is 2. The number of sulfonamides is 1. The molecule has 1 amide bonds. The maximum atomic E-state index is 13.5. The van der Waals surface area contributed by atoms with Crippen LogP contribution in [-0.2, 0) is 19.6 Å². The first-order valence-corrected chi connectivity index (χ1v) is 12.7. The van der Waals surface area contributed by atoms with Gasteiger partial charge in [0.15, 0.2) is 11.5 Å². The fourth-order valence-electron chi connectivity index (χ4n) is 4.57. The molecular weight excluding hydrogens is 472 g/mol. The summed E-state index contributed by atoms with van der Waals surface area (Å²) in [5.74, 6) is -1.000. The van der Waals surface area contributed by atoms with Crippen LogP contribution in [0, 0.1) is 26.7 Å². The van der Waals surface area contributed by atoms with E-state index in [4.69, 9.17) is 14.2 Å². The quantitative estimate of drug-likeness (QED) is 0.575. The van der Waals surface area contributed by atoms with Gasteiger partial charge in [0.1, 0.15) is 0 Å². The van der Waals surface area contributed by atoms with Crippen molar-refractivity contribution in [2.24, 2.45) is 5.92 Å². The van der Waals surface area contributed by atoms with Gasteiger partial charge in [-0.1, -0.05) is 17.7 Å². The van der Waals surface area contributed by atoms with Gasteiger partial charge in [-0.25, -0.2) is 13.2 Å². The highest BCUT2D eigenvalue weighted by molar-refractivity contribution is 7.89. The third-order valence-corrected chi connectivity index (χ3v) is 8.32. The molecule has 190 valence electrons. The smallest absolute Gasteiger partial charge is 0.340 e. The van der Waals surface area contributed by atoms with Gasteiger partial charge in [-0.3, -0.25) is 4.79 Å².